The number of nitrogens with zero attached hydrogens (tertiary/aromatic N) is 2. The summed E-state index contributed by atoms with van der Waals surface area (Å²) in [6.07, 6.45) is 1.04. The lowest BCUT2D eigenvalue weighted by Crippen LogP contribution is -2.56. The van der Waals surface area contributed by atoms with Crippen LogP contribution < -0.4 is 9.80 Å². The smallest absolute Gasteiger partial charge is 0.338 e. The lowest BCUT2D eigenvalue weighted by atomic mass is 9.90. The van der Waals surface area contributed by atoms with Crippen LogP contribution in [0.2, 0.25) is 0 Å². The van der Waals surface area contributed by atoms with E-state index in [1.54, 1.807) is 48.5 Å². The van der Waals surface area contributed by atoms with E-state index in [2.05, 4.69) is 31.9 Å². The van der Waals surface area contributed by atoms with E-state index in [-0.39, 0.29) is 0 Å². The Morgan fingerprint density at radius 2 is 1.26 bits per heavy atom. The predicted molar refractivity (Wildman–Crippen MR) is 126 cm³/mol. The molecule has 156 valence electrons. The van der Waals surface area contributed by atoms with Gasteiger partial charge in [0.1, 0.15) is 0 Å². The molecule has 5 nitrogen and oxygen atoms in total. The second kappa shape index (κ2) is 7.58. The van der Waals surface area contributed by atoms with Crippen LogP contribution in [0.25, 0.3) is 0 Å². The molecule has 3 amide bonds. The Kier molecular flexibility index (Phi) is 5.00. The number of carbonyl (C=O) groups excluding carboxylic acids is 2. The first-order valence-corrected chi connectivity index (χ1v) is 11.5. The second-order valence-corrected chi connectivity index (χ2v) is 9.64. The second-order valence-electron chi connectivity index (χ2n) is 7.81. The quantitative estimate of drug-likeness (QED) is 0.458. The van der Waals surface area contributed by atoms with Crippen LogP contribution >= 0.6 is 31.9 Å². The molecule has 1 unspecified atom stereocenters. The highest BCUT2D eigenvalue weighted by Gasteiger charge is 2.62. The van der Waals surface area contributed by atoms with Crippen molar-refractivity contribution in [3.05, 3.63) is 92.9 Å². The topological polar surface area (TPSA) is 60.9 Å². The van der Waals surface area contributed by atoms with Crippen molar-refractivity contribution >= 4 is 55.2 Å². The van der Waals surface area contributed by atoms with Crippen LogP contribution in [0, 0.1) is 5.92 Å². The van der Waals surface area contributed by atoms with Crippen molar-refractivity contribution in [1.29, 1.82) is 0 Å². The Morgan fingerprint density at radius 1 is 0.774 bits per heavy atom. The van der Waals surface area contributed by atoms with E-state index in [1.165, 1.54) is 4.90 Å². The molecule has 3 aromatic carbocycles. The molecular formula is C24H18Br2N2O3. The van der Waals surface area contributed by atoms with Crippen LogP contribution in [0.4, 0.5) is 16.2 Å². The third-order valence-electron chi connectivity index (χ3n) is 6.03. The predicted octanol–water partition coefficient (Wildman–Crippen LogP) is 5.29. The average Bonchev–Trinajstić information content (AvgIpc) is 3.29. The maximum atomic E-state index is 13.7. The van der Waals surface area contributed by atoms with Gasteiger partial charge in [0, 0.05) is 20.6 Å². The Morgan fingerprint density at radius 3 is 1.77 bits per heavy atom. The van der Waals surface area contributed by atoms with Gasteiger partial charge >= 0.3 is 6.03 Å². The number of fused-ring (bicyclic) bond motifs is 1. The molecule has 5 rings (SSSR count). The summed E-state index contributed by atoms with van der Waals surface area (Å²) in [5, 5.41) is 12.0. The number of anilines is 2. The minimum atomic E-state index is -1.99. The maximum absolute atomic E-state index is 13.7. The molecule has 0 radical (unpaired) electrons. The van der Waals surface area contributed by atoms with Crippen molar-refractivity contribution in [2.75, 3.05) is 9.80 Å². The SMILES string of the molecule is O=C1N(c2ccc(Br)cc2)C(=O)C(O)(C2Cc3ccccc3C2)N1c1ccc(Br)cc1. The number of hydrogen-bond donors (Lipinski definition) is 1. The van der Waals surface area contributed by atoms with Crippen LogP contribution in [-0.2, 0) is 17.6 Å². The Balaban J connectivity index is 1.62. The molecular weight excluding hydrogens is 524 g/mol. The maximum Gasteiger partial charge on any atom is 0.338 e. The van der Waals surface area contributed by atoms with Crippen LogP contribution in [0.1, 0.15) is 11.1 Å². The number of aliphatic hydroxyl groups is 1. The standard InChI is InChI=1S/C24H18Br2N2O3/c25-18-5-9-20(10-6-18)27-22(29)24(31,17-13-15-3-1-2-4-16(15)14-17)28(23(27)30)21-11-7-19(26)8-12-21/h1-12,17,31H,13-14H2. The van der Waals surface area contributed by atoms with E-state index in [1.807, 2.05) is 24.3 Å². The zero-order valence-electron chi connectivity index (χ0n) is 16.3. The molecule has 1 fully saturated rings. The minimum Gasteiger partial charge on any atom is -0.362 e. The van der Waals surface area contributed by atoms with Gasteiger partial charge in [-0.25, -0.2) is 9.69 Å². The van der Waals surface area contributed by atoms with Crippen molar-refractivity contribution in [3.63, 3.8) is 0 Å². The number of amides is 3. The zero-order chi connectivity index (χ0) is 21.8. The summed E-state index contributed by atoms with van der Waals surface area (Å²) < 4.78 is 1.68. The van der Waals surface area contributed by atoms with Gasteiger partial charge in [-0.2, -0.15) is 0 Å². The molecule has 1 heterocycles. The fraction of sp³-hybridized carbons (Fsp3) is 0.167. The van der Waals surface area contributed by atoms with Crippen LogP contribution in [-0.4, -0.2) is 22.8 Å². The van der Waals surface area contributed by atoms with Gasteiger partial charge in [0.05, 0.1) is 5.69 Å². The molecule has 0 aromatic heterocycles. The average molecular weight is 542 g/mol. The first-order chi connectivity index (χ1) is 14.9. The summed E-state index contributed by atoms with van der Waals surface area (Å²) in [5.74, 6) is -1.08. The molecule has 1 N–H and O–H groups in total. The van der Waals surface area contributed by atoms with Gasteiger partial charge < -0.3 is 5.11 Å². The molecule has 1 saturated heterocycles. The molecule has 0 saturated carbocycles. The van der Waals surface area contributed by atoms with E-state index in [9.17, 15) is 14.7 Å². The number of rotatable bonds is 3. The Hall–Kier alpha value is -2.48. The van der Waals surface area contributed by atoms with Crippen LogP contribution in [0.5, 0.6) is 0 Å². The lowest BCUT2D eigenvalue weighted by molar-refractivity contribution is -0.137. The summed E-state index contributed by atoms with van der Waals surface area (Å²) in [7, 11) is 0. The van der Waals surface area contributed by atoms with Crippen molar-refractivity contribution in [2.24, 2.45) is 5.92 Å². The lowest BCUT2D eigenvalue weighted by Gasteiger charge is -2.35. The number of urea groups is 1. The molecule has 0 bridgehead atoms. The number of benzene rings is 3. The summed E-state index contributed by atoms with van der Waals surface area (Å²) in [6, 6.07) is 21.3. The fourth-order valence-electron chi connectivity index (χ4n) is 4.51. The first-order valence-electron chi connectivity index (χ1n) is 9.88. The molecule has 2 aliphatic rings. The third kappa shape index (κ3) is 3.23. The van der Waals surface area contributed by atoms with Crippen LogP contribution in [0.15, 0.2) is 81.7 Å². The number of hydrogen-bond acceptors (Lipinski definition) is 3. The molecule has 1 aliphatic carbocycles. The monoisotopic (exact) mass is 540 g/mol. The van der Waals surface area contributed by atoms with E-state index >= 15 is 0 Å². The van der Waals surface area contributed by atoms with Gasteiger partial charge in [0.25, 0.3) is 5.91 Å². The Bertz CT molecular complexity index is 1160. The summed E-state index contributed by atoms with van der Waals surface area (Å²) in [5.41, 5.74) is 1.10. The summed E-state index contributed by atoms with van der Waals surface area (Å²) in [6.45, 7) is 0. The molecule has 7 heteroatoms. The summed E-state index contributed by atoms with van der Waals surface area (Å²) >= 11 is 6.78. The first kappa shape index (κ1) is 20.4. The number of carbonyl (C=O) groups is 2. The zero-order valence-corrected chi connectivity index (χ0v) is 19.5. The molecule has 31 heavy (non-hydrogen) atoms. The van der Waals surface area contributed by atoms with Crippen molar-refractivity contribution in [2.45, 2.75) is 18.6 Å². The van der Waals surface area contributed by atoms with Gasteiger partial charge in [-0.05, 0) is 72.5 Å². The van der Waals surface area contributed by atoms with Crippen molar-refractivity contribution < 1.29 is 14.7 Å². The van der Waals surface area contributed by atoms with Gasteiger partial charge in [0.15, 0.2) is 0 Å². The highest BCUT2D eigenvalue weighted by atomic mass is 79.9. The van der Waals surface area contributed by atoms with Gasteiger partial charge in [0.2, 0.25) is 5.72 Å². The largest absolute Gasteiger partial charge is 0.362 e. The highest BCUT2D eigenvalue weighted by molar-refractivity contribution is 9.10. The van der Waals surface area contributed by atoms with E-state index in [4.69, 9.17) is 0 Å². The van der Waals surface area contributed by atoms with Gasteiger partial charge in [-0.3, -0.25) is 9.69 Å². The fourth-order valence-corrected chi connectivity index (χ4v) is 5.04. The number of imide groups is 1. The van der Waals surface area contributed by atoms with Gasteiger partial charge in [-0.15, -0.1) is 0 Å². The minimum absolute atomic E-state index is 0.423. The molecule has 3 aromatic rings. The third-order valence-corrected chi connectivity index (χ3v) is 7.09. The molecule has 1 aliphatic heterocycles. The summed E-state index contributed by atoms with van der Waals surface area (Å²) in [4.78, 5) is 29.6. The van der Waals surface area contributed by atoms with E-state index in [0.717, 1.165) is 25.0 Å². The van der Waals surface area contributed by atoms with E-state index < -0.39 is 23.6 Å². The number of halogens is 2. The van der Waals surface area contributed by atoms with Crippen LogP contribution in [0.3, 0.4) is 0 Å². The molecule has 1 atom stereocenters. The van der Waals surface area contributed by atoms with Gasteiger partial charge in [-0.1, -0.05) is 56.1 Å². The Labute approximate surface area is 196 Å². The normalized spacial score (nSPS) is 21.1. The highest BCUT2D eigenvalue weighted by Crippen LogP contribution is 2.44. The van der Waals surface area contributed by atoms with Crippen molar-refractivity contribution in [3.8, 4) is 0 Å². The van der Waals surface area contributed by atoms with E-state index in [0.29, 0.717) is 24.2 Å². The van der Waals surface area contributed by atoms with Crippen molar-refractivity contribution in [1.82, 2.24) is 0 Å². The molecule has 0 spiro atoms.